The zero-order chi connectivity index (χ0) is 11.1. The Hall–Kier alpha value is -0.570. The molecule has 1 rings (SSSR count). The second-order valence-corrected chi connectivity index (χ2v) is 4.41. The minimum absolute atomic E-state index is 0.0214. The van der Waals surface area contributed by atoms with Crippen molar-refractivity contribution in [2.45, 2.75) is 52.1 Å². The van der Waals surface area contributed by atoms with Crippen LogP contribution in [0, 0.1) is 5.92 Å². The Morgan fingerprint density at radius 2 is 2.07 bits per heavy atom. The molecular weight excluding hydrogens is 190 g/mol. The average Bonchev–Trinajstić information content (AvgIpc) is 2.27. The van der Waals surface area contributed by atoms with Crippen LogP contribution >= 0.6 is 0 Å². The topological polar surface area (TPSA) is 38.3 Å². The summed E-state index contributed by atoms with van der Waals surface area (Å²) in [6.45, 7) is 5.59. The van der Waals surface area contributed by atoms with E-state index in [0.717, 1.165) is 25.9 Å². The summed E-state index contributed by atoms with van der Waals surface area (Å²) in [5.74, 6) is -0.0604. The lowest BCUT2D eigenvalue weighted by molar-refractivity contribution is -0.154. The van der Waals surface area contributed by atoms with Crippen LogP contribution in [0.5, 0.6) is 0 Å². The van der Waals surface area contributed by atoms with E-state index < -0.39 is 0 Å². The molecule has 1 fully saturated rings. The first-order chi connectivity index (χ1) is 7.24. The number of nitrogens with one attached hydrogen (secondary N) is 1. The molecule has 88 valence electrons. The molecule has 1 atom stereocenters. The van der Waals surface area contributed by atoms with Gasteiger partial charge in [0.2, 0.25) is 0 Å². The van der Waals surface area contributed by atoms with Gasteiger partial charge < -0.3 is 10.1 Å². The molecule has 0 aromatic heterocycles. The van der Waals surface area contributed by atoms with Crippen molar-refractivity contribution in [3.63, 3.8) is 0 Å². The van der Waals surface area contributed by atoms with Crippen LogP contribution in [0.3, 0.4) is 0 Å². The van der Waals surface area contributed by atoms with Crippen LogP contribution in [0.1, 0.15) is 46.0 Å². The van der Waals surface area contributed by atoms with Gasteiger partial charge in [0, 0.05) is 6.54 Å². The van der Waals surface area contributed by atoms with Gasteiger partial charge in [0.05, 0.1) is 5.92 Å². The standard InChI is InChI=1S/C12H23NO2/c1-3-13-9-10(2)12(14)15-11-7-5-4-6-8-11/h10-11,13H,3-9H2,1-2H3. The van der Waals surface area contributed by atoms with Gasteiger partial charge in [-0.15, -0.1) is 0 Å². The quantitative estimate of drug-likeness (QED) is 0.711. The normalized spacial score (nSPS) is 19.9. The second kappa shape index (κ2) is 6.83. The Labute approximate surface area is 92.6 Å². The first-order valence-electron chi connectivity index (χ1n) is 6.15. The predicted octanol–water partition coefficient (Wildman–Crippen LogP) is 2.11. The summed E-state index contributed by atoms with van der Waals surface area (Å²) in [5.41, 5.74) is 0. The fourth-order valence-corrected chi connectivity index (χ4v) is 1.91. The Balaban J connectivity index is 2.20. The van der Waals surface area contributed by atoms with Gasteiger partial charge in [0.15, 0.2) is 0 Å². The van der Waals surface area contributed by atoms with Gasteiger partial charge in [-0.25, -0.2) is 0 Å². The summed E-state index contributed by atoms with van der Waals surface area (Å²) in [7, 11) is 0. The van der Waals surface area contributed by atoms with Gasteiger partial charge in [-0.3, -0.25) is 4.79 Å². The van der Waals surface area contributed by atoms with Gasteiger partial charge in [-0.05, 0) is 32.2 Å². The monoisotopic (exact) mass is 213 g/mol. The van der Waals surface area contributed by atoms with Crippen LogP contribution in [0.4, 0.5) is 0 Å². The van der Waals surface area contributed by atoms with Gasteiger partial charge >= 0.3 is 5.97 Å². The number of hydrogen-bond acceptors (Lipinski definition) is 3. The highest BCUT2D eigenvalue weighted by molar-refractivity contribution is 5.72. The predicted molar refractivity (Wildman–Crippen MR) is 60.7 cm³/mol. The number of ether oxygens (including phenoxy) is 1. The highest BCUT2D eigenvalue weighted by Crippen LogP contribution is 2.21. The van der Waals surface area contributed by atoms with Crippen molar-refractivity contribution in [1.82, 2.24) is 5.32 Å². The van der Waals surface area contributed by atoms with E-state index in [4.69, 9.17) is 4.74 Å². The smallest absolute Gasteiger partial charge is 0.310 e. The molecule has 15 heavy (non-hydrogen) atoms. The third-order valence-corrected chi connectivity index (χ3v) is 2.94. The van der Waals surface area contributed by atoms with E-state index in [0.29, 0.717) is 0 Å². The summed E-state index contributed by atoms with van der Waals surface area (Å²) in [4.78, 5) is 11.7. The molecular formula is C12H23NO2. The zero-order valence-corrected chi connectivity index (χ0v) is 9.92. The van der Waals surface area contributed by atoms with Crippen molar-refractivity contribution in [2.24, 2.45) is 5.92 Å². The lowest BCUT2D eigenvalue weighted by Gasteiger charge is -2.23. The lowest BCUT2D eigenvalue weighted by Crippen LogP contribution is -2.31. The highest BCUT2D eigenvalue weighted by Gasteiger charge is 2.21. The highest BCUT2D eigenvalue weighted by atomic mass is 16.5. The maximum Gasteiger partial charge on any atom is 0.310 e. The molecule has 0 aliphatic heterocycles. The van der Waals surface area contributed by atoms with Crippen molar-refractivity contribution < 1.29 is 9.53 Å². The molecule has 1 saturated carbocycles. The van der Waals surface area contributed by atoms with E-state index in [1.807, 2.05) is 13.8 Å². The number of hydrogen-bond donors (Lipinski definition) is 1. The zero-order valence-electron chi connectivity index (χ0n) is 9.92. The number of carbonyl (C=O) groups is 1. The molecule has 0 spiro atoms. The summed E-state index contributed by atoms with van der Waals surface area (Å²) in [6.07, 6.45) is 6.01. The van der Waals surface area contributed by atoms with E-state index in [1.165, 1.54) is 19.3 Å². The molecule has 0 heterocycles. The van der Waals surface area contributed by atoms with Crippen molar-refractivity contribution in [3.8, 4) is 0 Å². The van der Waals surface area contributed by atoms with Crippen LogP contribution in [0.15, 0.2) is 0 Å². The SMILES string of the molecule is CCNCC(C)C(=O)OC1CCCCC1. The molecule has 3 heteroatoms. The molecule has 0 saturated heterocycles. The molecule has 0 amide bonds. The van der Waals surface area contributed by atoms with Crippen molar-refractivity contribution in [2.75, 3.05) is 13.1 Å². The van der Waals surface area contributed by atoms with Crippen molar-refractivity contribution in [3.05, 3.63) is 0 Å². The fraction of sp³-hybridized carbons (Fsp3) is 0.917. The molecule has 1 aliphatic carbocycles. The lowest BCUT2D eigenvalue weighted by atomic mass is 9.97. The Morgan fingerprint density at radius 1 is 1.40 bits per heavy atom. The van der Waals surface area contributed by atoms with E-state index >= 15 is 0 Å². The first-order valence-corrected chi connectivity index (χ1v) is 6.15. The van der Waals surface area contributed by atoms with Crippen LogP contribution in [-0.4, -0.2) is 25.2 Å². The summed E-state index contributed by atoms with van der Waals surface area (Å²) in [5, 5.41) is 3.17. The van der Waals surface area contributed by atoms with Crippen LogP contribution < -0.4 is 5.32 Å². The summed E-state index contributed by atoms with van der Waals surface area (Å²) in [6, 6.07) is 0. The van der Waals surface area contributed by atoms with Gasteiger partial charge in [0.25, 0.3) is 0 Å². The van der Waals surface area contributed by atoms with Crippen LogP contribution in [0.2, 0.25) is 0 Å². The third kappa shape index (κ3) is 4.65. The van der Waals surface area contributed by atoms with E-state index in [2.05, 4.69) is 5.32 Å². The minimum atomic E-state index is -0.0390. The van der Waals surface area contributed by atoms with Crippen LogP contribution in [0.25, 0.3) is 0 Å². The Bertz CT molecular complexity index is 188. The first kappa shape index (κ1) is 12.5. The molecule has 1 aliphatic rings. The molecule has 0 bridgehead atoms. The Kier molecular flexibility index (Phi) is 5.69. The summed E-state index contributed by atoms with van der Waals surface area (Å²) < 4.78 is 5.47. The van der Waals surface area contributed by atoms with Gasteiger partial charge in [0.1, 0.15) is 6.10 Å². The molecule has 1 N–H and O–H groups in total. The van der Waals surface area contributed by atoms with E-state index in [1.54, 1.807) is 0 Å². The number of esters is 1. The van der Waals surface area contributed by atoms with Gasteiger partial charge in [-0.1, -0.05) is 20.3 Å². The molecule has 0 aromatic rings. The van der Waals surface area contributed by atoms with Crippen LogP contribution in [-0.2, 0) is 9.53 Å². The average molecular weight is 213 g/mol. The maximum absolute atomic E-state index is 11.7. The molecule has 3 nitrogen and oxygen atoms in total. The minimum Gasteiger partial charge on any atom is -0.462 e. The van der Waals surface area contributed by atoms with Crippen molar-refractivity contribution >= 4 is 5.97 Å². The van der Waals surface area contributed by atoms with E-state index in [9.17, 15) is 4.79 Å². The fourth-order valence-electron chi connectivity index (χ4n) is 1.91. The van der Waals surface area contributed by atoms with Crippen molar-refractivity contribution in [1.29, 1.82) is 0 Å². The molecule has 0 radical (unpaired) electrons. The largest absolute Gasteiger partial charge is 0.462 e. The van der Waals surface area contributed by atoms with Gasteiger partial charge in [-0.2, -0.15) is 0 Å². The molecule has 1 unspecified atom stereocenters. The summed E-state index contributed by atoms with van der Waals surface area (Å²) >= 11 is 0. The number of rotatable bonds is 5. The third-order valence-electron chi connectivity index (χ3n) is 2.94. The maximum atomic E-state index is 11.7. The number of carbonyl (C=O) groups excluding carboxylic acids is 1. The Morgan fingerprint density at radius 3 is 2.67 bits per heavy atom. The second-order valence-electron chi connectivity index (χ2n) is 4.41. The molecule has 0 aromatic carbocycles. The van der Waals surface area contributed by atoms with E-state index in [-0.39, 0.29) is 18.0 Å².